The van der Waals surface area contributed by atoms with Crippen LogP contribution in [0.1, 0.15) is 10.4 Å². The van der Waals surface area contributed by atoms with Gasteiger partial charge >= 0.3 is 0 Å². The molecule has 0 radical (unpaired) electrons. The van der Waals surface area contributed by atoms with Gasteiger partial charge in [-0.3, -0.25) is 4.79 Å². The number of carbonyl (C=O) groups is 1. The number of benzene rings is 2. The molecule has 2 aliphatic heterocycles. The first-order chi connectivity index (χ1) is 16.7. The second-order valence-electron chi connectivity index (χ2n) is 7.93. The van der Waals surface area contributed by atoms with Gasteiger partial charge in [0, 0.05) is 37.3 Å². The zero-order valence-electron chi connectivity index (χ0n) is 18.1. The number of hydrogen-bond acceptors (Lipinski definition) is 9. The minimum atomic E-state index is -0.0150. The highest BCUT2D eigenvalue weighted by Crippen LogP contribution is 2.35. The molecule has 2 aromatic carbocycles. The van der Waals surface area contributed by atoms with Crippen molar-refractivity contribution in [3.63, 3.8) is 0 Å². The van der Waals surface area contributed by atoms with Gasteiger partial charge in [0.25, 0.3) is 5.91 Å². The van der Waals surface area contributed by atoms with Crippen molar-refractivity contribution in [3.8, 4) is 28.4 Å². The van der Waals surface area contributed by atoms with E-state index in [0.717, 1.165) is 28.5 Å². The molecule has 2 aromatic heterocycles. The van der Waals surface area contributed by atoms with Gasteiger partial charge in [-0.15, -0.1) is 15.3 Å². The quantitative estimate of drug-likeness (QED) is 0.454. The fraction of sp³-hybridized carbons (Fsp3) is 0.217. The van der Waals surface area contributed by atoms with Crippen molar-refractivity contribution < 1.29 is 14.3 Å². The van der Waals surface area contributed by atoms with Gasteiger partial charge in [-0.05, 0) is 59.0 Å². The number of tetrazole rings is 1. The van der Waals surface area contributed by atoms with Crippen molar-refractivity contribution in [3.05, 3.63) is 66.5 Å². The van der Waals surface area contributed by atoms with E-state index in [1.807, 2.05) is 53.4 Å². The average Bonchev–Trinajstić information content (AvgIpc) is 3.61. The Morgan fingerprint density at radius 3 is 2.56 bits per heavy atom. The SMILES string of the molecule is O=C(c1cccc(-n2cnnn2)c1)N1CCN(c2ccc(-c3ccc4c(c3)OCO4)nn2)CC1. The number of anilines is 1. The number of rotatable bonds is 4. The summed E-state index contributed by atoms with van der Waals surface area (Å²) in [5, 5.41) is 20.0. The lowest BCUT2D eigenvalue weighted by Crippen LogP contribution is -2.49. The van der Waals surface area contributed by atoms with Crippen LogP contribution in [-0.2, 0) is 0 Å². The van der Waals surface area contributed by atoms with Crippen LogP contribution in [0.25, 0.3) is 16.9 Å². The summed E-state index contributed by atoms with van der Waals surface area (Å²) in [5.74, 6) is 2.23. The lowest BCUT2D eigenvalue weighted by atomic mass is 10.1. The van der Waals surface area contributed by atoms with Crippen LogP contribution in [0.3, 0.4) is 0 Å². The predicted octanol–water partition coefficient (Wildman–Crippen LogP) is 1.81. The van der Waals surface area contributed by atoms with Crippen LogP contribution >= 0.6 is 0 Å². The Balaban J connectivity index is 1.10. The van der Waals surface area contributed by atoms with Crippen LogP contribution in [0.4, 0.5) is 5.82 Å². The standard InChI is InChI=1S/C23H20N8O3/c32-23(17-2-1-3-18(12-17)31-14-24-27-28-31)30-10-8-29(9-11-30)22-7-5-19(25-26-22)16-4-6-20-21(13-16)34-15-33-20/h1-7,12-14H,8-11,15H2. The van der Waals surface area contributed by atoms with E-state index in [2.05, 4.69) is 30.6 Å². The van der Waals surface area contributed by atoms with Gasteiger partial charge in [-0.25, -0.2) is 4.68 Å². The van der Waals surface area contributed by atoms with Crippen LogP contribution in [0.15, 0.2) is 60.9 Å². The van der Waals surface area contributed by atoms with Crippen molar-refractivity contribution in [1.82, 2.24) is 35.3 Å². The summed E-state index contributed by atoms with van der Waals surface area (Å²) in [5.41, 5.74) is 3.03. The Hall–Kier alpha value is -4.54. The van der Waals surface area contributed by atoms with Gasteiger partial charge in [0.15, 0.2) is 17.3 Å². The first kappa shape index (κ1) is 20.1. The van der Waals surface area contributed by atoms with Crippen LogP contribution in [0.2, 0.25) is 0 Å². The molecule has 11 heteroatoms. The highest BCUT2D eigenvalue weighted by atomic mass is 16.7. The Bertz CT molecular complexity index is 1320. The Morgan fingerprint density at radius 2 is 1.76 bits per heavy atom. The molecule has 0 bridgehead atoms. The van der Waals surface area contributed by atoms with Gasteiger partial charge in [0.05, 0.1) is 11.4 Å². The van der Waals surface area contributed by atoms with Crippen LogP contribution < -0.4 is 14.4 Å². The second-order valence-corrected chi connectivity index (χ2v) is 7.93. The number of fused-ring (bicyclic) bond motifs is 1. The summed E-state index contributed by atoms with van der Waals surface area (Å²) in [4.78, 5) is 17.0. The van der Waals surface area contributed by atoms with E-state index in [1.165, 1.54) is 11.0 Å². The fourth-order valence-corrected chi connectivity index (χ4v) is 4.09. The van der Waals surface area contributed by atoms with Crippen molar-refractivity contribution in [2.24, 2.45) is 0 Å². The number of hydrogen-bond donors (Lipinski definition) is 0. The van der Waals surface area contributed by atoms with Crippen molar-refractivity contribution in [1.29, 1.82) is 0 Å². The third kappa shape index (κ3) is 3.76. The number of carbonyl (C=O) groups excluding carboxylic acids is 1. The van der Waals surface area contributed by atoms with Gasteiger partial charge in [-0.2, -0.15) is 0 Å². The lowest BCUT2D eigenvalue weighted by molar-refractivity contribution is 0.0746. The van der Waals surface area contributed by atoms with Gasteiger partial charge < -0.3 is 19.3 Å². The average molecular weight is 456 g/mol. The van der Waals surface area contributed by atoms with Gasteiger partial charge in [0.2, 0.25) is 6.79 Å². The molecular weight excluding hydrogens is 436 g/mol. The van der Waals surface area contributed by atoms with Crippen molar-refractivity contribution >= 4 is 11.7 Å². The summed E-state index contributed by atoms with van der Waals surface area (Å²) in [6.07, 6.45) is 1.50. The van der Waals surface area contributed by atoms with E-state index in [1.54, 1.807) is 6.07 Å². The monoisotopic (exact) mass is 456 g/mol. The number of nitrogens with zero attached hydrogens (tertiary/aromatic N) is 8. The van der Waals surface area contributed by atoms with E-state index in [0.29, 0.717) is 37.5 Å². The first-order valence-electron chi connectivity index (χ1n) is 10.9. The molecule has 34 heavy (non-hydrogen) atoms. The summed E-state index contributed by atoms with van der Waals surface area (Å²) in [6, 6.07) is 16.9. The molecule has 6 rings (SSSR count). The fourth-order valence-electron chi connectivity index (χ4n) is 4.09. The molecule has 0 N–H and O–H groups in total. The van der Waals surface area contributed by atoms with E-state index in [-0.39, 0.29) is 12.7 Å². The van der Waals surface area contributed by atoms with Crippen molar-refractivity contribution in [2.75, 3.05) is 37.9 Å². The van der Waals surface area contributed by atoms with E-state index in [4.69, 9.17) is 9.47 Å². The second kappa shape index (κ2) is 8.43. The highest BCUT2D eigenvalue weighted by molar-refractivity contribution is 5.95. The van der Waals surface area contributed by atoms with Gasteiger partial charge in [0.1, 0.15) is 6.33 Å². The number of aromatic nitrogens is 6. The smallest absolute Gasteiger partial charge is 0.254 e. The number of piperazine rings is 1. The molecule has 0 unspecified atom stereocenters. The summed E-state index contributed by atoms with van der Waals surface area (Å²) in [7, 11) is 0. The molecule has 2 aliphatic rings. The number of amides is 1. The van der Waals surface area contributed by atoms with Crippen LogP contribution in [0, 0.1) is 0 Å². The zero-order valence-corrected chi connectivity index (χ0v) is 18.1. The minimum absolute atomic E-state index is 0.0150. The maximum Gasteiger partial charge on any atom is 0.254 e. The van der Waals surface area contributed by atoms with Crippen molar-refractivity contribution in [2.45, 2.75) is 0 Å². The maximum absolute atomic E-state index is 13.0. The Labute approximate surface area is 194 Å². The minimum Gasteiger partial charge on any atom is -0.454 e. The molecule has 0 saturated carbocycles. The molecule has 4 aromatic rings. The molecule has 0 atom stereocenters. The molecule has 4 heterocycles. The van der Waals surface area contributed by atoms with Crippen LogP contribution in [-0.4, -0.2) is 74.2 Å². The van der Waals surface area contributed by atoms with E-state index >= 15 is 0 Å². The predicted molar refractivity (Wildman–Crippen MR) is 121 cm³/mol. The number of ether oxygens (including phenoxy) is 2. The molecule has 1 fully saturated rings. The maximum atomic E-state index is 13.0. The van der Waals surface area contributed by atoms with Gasteiger partial charge in [-0.1, -0.05) is 6.07 Å². The summed E-state index contributed by atoms with van der Waals surface area (Å²) < 4.78 is 12.3. The Morgan fingerprint density at radius 1 is 0.882 bits per heavy atom. The van der Waals surface area contributed by atoms with E-state index < -0.39 is 0 Å². The third-order valence-corrected chi connectivity index (χ3v) is 5.92. The Kier molecular flexibility index (Phi) is 4.98. The first-order valence-corrected chi connectivity index (χ1v) is 10.9. The largest absolute Gasteiger partial charge is 0.454 e. The molecule has 11 nitrogen and oxygen atoms in total. The highest BCUT2D eigenvalue weighted by Gasteiger charge is 2.23. The van der Waals surface area contributed by atoms with E-state index in [9.17, 15) is 4.79 Å². The normalized spacial score (nSPS) is 14.9. The topological polar surface area (TPSA) is 111 Å². The summed E-state index contributed by atoms with van der Waals surface area (Å²) >= 11 is 0. The molecule has 0 aliphatic carbocycles. The third-order valence-electron chi connectivity index (χ3n) is 5.92. The lowest BCUT2D eigenvalue weighted by Gasteiger charge is -2.35. The molecule has 170 valence electrons. The molecule has 0 spiro atoms. The molecule has 1 amide bonds. The zero-order chi connectivity index (χ0) is 22.9. The van der Waals surface area contributed by atoms with Crippen LogP contribution in [0.5, 0.6) is 11.5 Å². The summed E-state index contributed by atoms with van der Waals surface area (Å²) in [6.45, 7) is 2.79. The molecular formula is C23H20N8O3. The molecule has 1 saturated heterocycles.